The van der Waals surface area contributed by atoms with Crippen molar-refractivity contribution in [1.82, 2.24) is 5.32 Å². The Hall–Kier alpha value is 0.260. The van der Waals surface area contributed by atoms with Crippen LogP contribution in [-0.2, 0) is 9.84 Å². The predicted molar refractivity (Wildman–Crippen MR) is 69.8 cm³/mol. The summed E-state index contributed by atoms with van der Waals surface area (Å²) in [5.41, 5.74) is 0. The molecule has 3 unspecified atom stereocenters. The van der Waals surface area contributed by atoms with Crippen LogP contribution < -0.4 is 5.32 Å². The van der Waals surface area contributed by atoms with Gasteiger partial charge in [0.2, 0.25) is 0 Å². The van der Waals surface area contributed by atoms with Crippen molar-refractivity contribution in [3.8, 4) is 0 Å². The monoisotopic (exact) mass is 263 g/mol. The molecule has 2 aliphatic rings. The minimum atomic E-state index is -2.74. The van der Waals surface area contributed by atoms with Crippen molar-refractivity contribution >= 4 is 21.6 Å². The molecule has 3 nitrogen and oxygen atoms in total. The first-order valence-corrected chi connectivity index (χ1v) is 9.06. The van der Waals surface area contributed by atoms with Gasteiger partial charge in [-0.05, 0) is 25.0 Å². The molecule has 0 bridgehead atoms. The fourth-order valence-corrected chi connectivity index (χ4v) is 5.65. The molecular weight excluding hydrogens is 242 g/mol. The Morgan fingerprint density at radius 2 is 2.12 bits per heavy atom. The van der Waals surface area contributed by atoms with Crippen LogP contribution in [0.4, 0.5) is 0 Å². The Labute approximate surface area is 103 Å². The Morgan fingerprint density at radius 3 is 2.75 bits per heavy atom. The summed E-state index contributed by atoms with van der Waals surface area (Å²) in [6, 6.07) is 0.760. The second-order valence-electron chi connectivity index (χ2n) is 4.80. The first kappa shape index (κ1) is 12.7. The minimum Gasteiger partial charge on any atom is -0.309 e. The summed E-state index contributed by atoms with van der Waals surface area (Å²) in [6.45, 7) is 2.19. The molecule has 0 aromatic rings. The molecule has 1 aliphatic carbocycles. The second-order valence-corrected chi connectivity index (χ2v) is 8.54. The van der Waals surface area contributed by atoms with Gasteiger partial charge < -0.3 is 5.32 Å². The summed E-state index contributed by atoms with van der Waals surface area (Å²) in [5.74, 6) is 1.89. The number of hydrogen-bond donors (Lipinski definition) is 1. The van der Waals surface area contributed by atoms with Crippen LogP contribution in [0.25, 0.3) is 0 Å². The molecule has 0 spiro atoms. The van der Waals surface area contributed by atoms with Gasteiger partial charge >= 0.3 is 0 Å². The third kappa shape index (κ3) is 3.14. The molecule has 0 aromatic heterocycles. The highest BCUT2D eigenvalue weighted by Gasteiger charge is 2.33. The van der Waals surface area contributed by atoms with Crippen LogP contribution >= 0.6 is 11.8 Å². The molecule has 94 valence electrons. The summed E-state index contributed by atoms with van der Waals surface area (Å²) < 4.78 is 22.8. The Morgan fingerprint density at radius 1 is 1.31 bits per heavy atom. The fourth-order valence-electron chi connectivity index (χ4n) is 2.76. The quantitative estimate of drug-likeness (QED) is 0.833. The van der Waals surface area contributed by atoms with Crippen molar-refractivity contribution in [1.29, 1.82) is 0 Å². The van der Waals surface area contributed by atoms with Crippen molar-refractivity contribution < 1.29 is 8.42 Å². The average molecular weight is 263 g/mol. The van der Waals surface area contributed by atoms with E-state index in [2.05, 4.69) is 12.2 Å². The van der Waals surface area contributed by atoms with Gasteiger partial charge in [0.25, 0.3) is 0 Å². The highest BCUT2D eigenvalue weighted by atomic mass is 32.2. The summed E-state index contributed by atoms with van der Waals surface area (Å²) >= 11 is 2.02. The van der Waals surface area contributed by atoms with Gasteiger partial charge in [0.05, 0.1) is 11.5 Å². The van der Waals surface area contributed by atoms with Gasteiger partial charge in [-0.25, -0.2) is 8.42 Å². The van der Waals surface area contributed by atoms with Crippen LogP contribution in [0.1, 0.15) is 32.6 Å². The molecule has 1 aliphatic heterocycles. The smallest absolute Gasteiger partial charge is 0.151 e. The van der Waals surface area contributed by atoms with E-state index in [4.69, 9.17) is 0 Å². The highest BCUT2D eigenvalue weighted by Crippen LogP contribution is 2.30. The summed E-state index contributed by atoms with van der Waals surface area (Å²) in [4.78, 5) is 0. The topological polar surface area (TPSA) is 46.2 Å². The van der Waals surface area contributed by atoms with Crippen molar-refractivity contribution in [2.75, 3.05) is 17.3 Å². The number of thioether (sulfide) groups is 1. The zero-order chi connectivity index (χ0) is 11.6. The highest BCUT2D eigenvalue weighted by molar-refractivity contribution is 7.99. The van der Waals surface area contributed by atoms with Gasteiger partial charge in [-0.3, -0.25) is 0 Å². The molecule has 1 N–H and O–H groups in total. The van der Waals surface area contributed by atoms with E-state index in [9.17, 15) is 8.42 Å². The van der Waals surface area contributed by atoms with Gasteiger partial charge in [-0.1, -0.05) is 13.3 Å². The maximum Gasteiger partial charge on any atom is 0.151 e. The van der Waals surface area contributed by atoms with Crippen molar-refractivity contribution in [3.05, 3.63) is 0 Å². The second kappa shape index (κ2) is 5.27. The normalized spacial score (nSPS) is 37.9. The lowest BCUT2D eigenvalue weighted by molar-refractivity contribution is 0.460. The molecule has 0 radical (unpaired) electrons. The maximum atomic E-state index is 11.4. The first-order chi connectivity index (χ1) is 7.61. The molecule has 0 amide bonds. The molecule has 2 rings (SSSR count). The van der Waals surface area contributed by atoms with E-state index in [0.717, 1.165) is 12.2 Å². The minimum absolute atomic E-state index is 0.216. The van der Waals surface area contributed by atoms with Gasteiger partial charge in [0.1, 0.15) is 0 Å². The predicted octanol–water partition coefficient (Wildman–Crippen LogP) is 1.44. The van der Waals surface area contributed by atoms with Gasteiger partial charge in [0.15, 0.2) is 9.84 Å². The summed E-state index contributed by atoms with van der Waals surface area (Å²) in [6.07, 6.45) is 4.60. The largest absolute Gasteiger partial charge is 0.309 e. The van der Waals surface area contributed by atoms with Crippen LogP contribution in [0, 0.1) is 0 Å². The average Bonchev–Trinajstić information content (AvgIpc) is 2.76. The number of rotatable bonds is 4. The van der Waals surface area contributed by atoms with Crippen LogP contribution in [0.15, 0.2) is 0 Å². The van der Waals surface area contributed by atoms with E-state index in [1.807, 2.05) is 11.8 Å². The maximum absolute atomic E-state index is 11.4. The number of sulfone groups is 1. The van der Waals surface area contributed by atoms with Gasteiger partial charge in [0, 0.05) is 17.3 Å². The Balaban J connectivity index is 1.85. The van der Waals surface area contributed by atoms with Crippen LogP contribution in [0.3, 0.4) is 0 Å². The third-order valence-corrected chi connectivity index (χ3v) is 6.61. The van der Waals surface area contributed by atoms with E-state index in [0.29, 0.717) is 22.8 Å². The van der Waals surface area contributed by atoms with E-state index in [1.165, 1.54) is 19.3 Å². The molecule has 2 fully saturated rings. The van der Waals surface area contributed by atoms with Crippen molar-refractivity contribution in [2.24, 2.45) is 0 Å². The van der Waals surface area contributed by atoms with Crippen LogP contribution in [0.5, 0.6) is 0 Å². The van der Waals surface area contributed by atoms with Crippen LogP contribution in [0.2, 0.25) is 0 Å². The Kier molecular flexibility index (Phi) is 4.19. The summed E-state index contributed by atoms with van der Waals surface area (Å²) in [7, 11) is -2.74. The number of nitrogens with one attached hydrogen (secondary N) is 1. The molecule has 3 atom stereocenters. The van der Waals surface area contributed by atoms with Crippen molar-refractivity contribution in [3.63, 3.8) is 0 Å². The zero-order valence-corrected chi connectivity index (χ0v) is 11.4. The lowest BCUT2D eigenvalue weighted by atomic mass is 10.2. The van der Waals surface area contributed by atoms with E-state index < -0.39 is 9.84 Å². The van der Waals surface area contributed by atoms with Gasteiger partial charge in [-0.15, -0.1) is 0 Å². The molecule has 1 heterocycles. The lowest BCUT2D eigenvalue weighted by Gasteiger charge is -2.23. The fraction of sp³-hybridized carbons (Fsp3) is 1.00. The number of hydrogen-bond acceptors (Lipinski definition) is 4. The van der Waals surface area contributed by atoms with Gasteiger partial charge in [-0.2, -0.15) is 11.8 Å². The molecule has 1 saturated heterocycles. The third-order valence-electron chi connectivity index (χ3n) is 3.52. The lowest BCUT2D eigenvalue weighted by Crippen LogP contribution is -2.42. The van der Waals surface area contributed by atoms with Crippen LogP contribution in [-0.4, -0.2) is 43.0 Å². The Bertz CT molecular complexity index is 329. The first-order valence-electron chi connectivity index (χ1n) is 6.19. The zero-order valence-electron chi connectivity index (χ0n) is 9.81. The van der Waals surface area contributed by atoms with Crippen molar-refractivity contribution in [2.45, 2.75) is 49.9 Å². The standard InChI is InChI=1S/C11H21NO2S2/c1-2-15-11-5-3-4-10(11)12-9-6-7-16(13,14)8-9/h9-12H,2-8H2,1H3. The molecule has 0 aromatic carbocycles. The molecular formula is C11H21NO2S2. The molecule has 5 heteroatoms. The summed E-state index contributed by atoms with van der Waals surface area (Å²) in [5, 5.41) is 4.27. The van der Waals surface area contributed by atoms with E-state index in [1.54, 1.807) is 0 Å². The SMILES string of the molecule is CCSC1CCCC1NC1CCS(=O)(=O)C1. The van der Waals surface area contributed by atoms with E-state index >= 15 is 0 Å². The van der Waals surface area contributed by atoms with E-state index in [-0.39, 0.29) is 6.04 Å². The molecule has 1 saturated carbocycles. The molecule has 16 heavy (non-hydrogen) atoms.